The number of benzene rings is 2. The minimum Gasteiger partial charge on any atom is -0.545 e. The highest BCUT2D eigenvalue weighted by Gasteiger charge is 2.08. The Morgan fingerprint density at radius 3 is 2.00 bits per heavy atom. The molecule has 0 atom stereocenters. The van der Waals surface area contributed by atoms with Crippen LogP contribution in [0.1, 0.15) is 10.4 Å². The van der Waals surface area contributed by atoms with E-state index < -0.39 is 29.0 Å². The molecule has 0 heterocycles. The number of carboxylic acids is 1. The first kappa shape index (κ1) is 12.2. The summed E-state index contributed by atoms with van der Waals surface area (Å²) in [5.74, 6) is -4.26. The Labute approximate surface area is 100 Å². The summed E-state index contributed by atoms with van der Waals surface area (Å²) in [5, 5.41) is 10.5. The van der Waals surface area contributed by atoms with Gasteiger partial charge >= 0.3 is 0 Å². The van der Waals surface area contributed by atoms with E-state index in [4.69, 9.17) is 0 Å². The predicted molar refractivity (Wildman–Crippen MR) is 56.1 cm³/mol. The van der Waals surface area contributed by atoms with Crippen LogP contribution in [-0.4, -0.2) is 5.97 Å². The average molecular weight is 251 g/mol. The molecule has 0 aliphatic rings. The fourth-order valence-electron chi connectivity index (χ4n) is 1.58. The number of rotatable bonds is 2. The molecule has 0 aliphatic heterocycles. The minimum absolute atomic E-state index is 0.122. The maximum Gasteiger partial charge on any atom is 0.132 e. The van der Waals surface area contributed by atoms with Crippen molar-refractivity contribution in [3.8, 4) is 11.1 Å². The SMILES string of the molecule is O=C([O-])c1ccc(-c2cc(F)cc(F)c2)cc1F. The van der Waals surface area contributed by atoms with Gasteiger partial charge in [-0.05, 0) is 35.4 Å². The molecule has 92 valence electrons. The van der Waals surface area contributed by atoms with Crippen LogP contribution in [0.5, 0.6) is 0 Å². The number of hydrogen-bond donors (Lipinski definition) is 0. The van der Waals surface area contributed by atoms with E-state index in [1.807, 2.05) is 0 Å². The Morgan fingerprint density at radius 1 is 0.889 bits per heavy atom. The Morgan fingerprint density at radius 2 is 1.50 bits per heavy atom. The molecule has 2 aromatic carbocycles. The van der Waals surface area contributed by atoms with Crippen molar-refractivity contribution >= 4 is 5.97 Å². The lowest BCUT2D eigenvalue weighted by molar-refractivity contribution is -0.255. The molecule has 0 N–H and O–H groups in total. The third-order valence-corrected chi connectivity index (χ3v) is 2.38. The molecule has 0 radical (unpaired) electrons. The van der Waals surface area contributed by atoms with E-state index in [9.17, 15) is 23.1 Å². The van der Waals surface area contributed by atoms with Crippen LogP contribution in [0.3, 0.4) is 0 Å². The highest BCUT2D eigenvalue weighted by atomic mass is 19.1. The van der Waals surface area contributed by atoms with Crippen molar-refractivity contribution in [1.29, 1.82) is 0 Å². The van der Waals surface area contributed by atoms with Crippen LogP contribution in [-0.2, 0) is 0 Å². The number of carbonyl (C=O) groups excluding carboxylic acids is 1. The number of aromatic carboxylic acids is 1. The van der Waals surface area contributed by atoms with Gasteiger partial charge in [-0.15, -0.1) is 0 Å². The van der Waals surface area contributed by atoms with Crippen LogP contribution >= 0.6 is 0 Å². The number of hydrogen-bond acceptors (Lipinski definition) is 2. The van der Waals surface area contributed by atoms with E-state index in [1.165, 1.54) is 6.07 Å². The number of carboxylic acid groups (broad SMARTS) is 1. The lowest BCUT2D eigenvalue weighted by Gasteiger charge is -2.07. The largest absolute Gasteiger partial charge is 0.545 e. The van der Waals surface area contributed by atoms with E-state index >= 15 is 0 Å². The van der Waals surface area contributed by atoms with Crippen LogP contribution in [0.4, 0.5) is 13.2 Å². The monoisotopic (exact) mass is 251 g/mol. The third kappa shape index (κ3) is 2.34. The lowest BCUT2D eigenvalue weighted by atomic mass is 10.0. The van der Waals surface area contributed by atoms with Gasteiger partial charge in [0.2, 0.25) is 0 Å². The Bertz CT molecular complexity index is 603. The standard InChI is InChI=1S/C13H7F3O2/c14-9-3-8(4-10(15)6-9)7-1-2-11(13(17)18)12(16)5-7/h1-6H,(H,17,18)/p-1. The molecule has 0 bridgehead atoms. The second kappa shape index (κ2) is 4.52. The molecule has 0 saturated heterocycles. The lowest BCUT2D eigenvalue weighted by Crippen LogP contribution is -2.23. The highest BCUT2D eigenvalue weighted by molar-refractivity contribution is 5.87. The van der Waals surface area contributed by atoms with Crippen molar-refractivity contribution in [3.05, 3.63) is 59.4 Å². The molecule has 0 aromatic heterocycles. The maximum absolute atomic E-state index is 13.4. The van der Waals surface area contributed by atoms with Crippen molar-refractivity contribution < 1.29 is 23.1 Å². The van der Waals surface area contributed by atoms with Gasteiger partial charge in [-0.3, -0.25) is 0 Å². The van der Waals surface area contributed by atoms with Crippen LogP contribution in [0.15, 0.2) is 36.4 Å². The van der Waals surface area contributed by atoms with Crippen molar-refractivity contribution in [2.75, 3.05) is 0 Å². The zero-order valence-electron chi connectivity index (χ0n) is 8.91. The molecule has 0 aliphatic carbocycles. The van der Waals surface area contributed by atoms with Gasteiger partial charge in [0.1, 0.15) is 17.5 Å². The van der Waals surface area contributed by atoms with Crippen molar-refractivity contribution in [1.82, 2.24) is 0 Å². The molecule has 2 nitrogen and oxygen atoms in total. The topological polar surface area (TPSA) is 40.1 Å². The van der Waals surface area contributed by atoms with Gasteiger partial charge in [0.25, 0.3) is 0 Å². The summed E-state index contributed by atoms with van der Waals surface area (Å²) in [4.78, 5) is 10.5. The Hall–Kier alpha value is -2.30. The second-order valence-corrected chi connectivity index (χ2v) is 3.64. The first-order valence-corrected chi connectivity index (χ1v) is 4.95. The van der Waals surface area contributed by atoms with Crippen molar-refractivity contribution in [3.63, 3.8) is 0 Å². The summed E-state index contributed by atoms with van der Waals surface area (Å²) in [7, 11) is 0. The zero-order chi connectivity index (χ0) is 13.3. The van der Waals surface area contributed by atoms with Gasteiger partial charge in [0, 0.05) is 11.6 Å². The van der Waals surface area contributed by atoms with Crippen molar-refractivity contribution in [2.24, 2.45) is 0 Å². The average Bonchev–Trinajstić information content (AvgIpc) is 2.26. The quantitative estimate of drug-likeness (QED) is 0.820. The second-order valence-electron chi connectivity index (χ2n) is 3.64. The van der Waals surface area contributed by atoms with E-state index in [-0.39, 0.29) is 11.1 Å². The Kier molecular flexibility index (Phi) is 3.06. The first-order valence-electron chi connectivity index (χ1n) is 4.95. The summed E-state index contributed by atoms with van der Waals surface area (Å²) in [6.07, 6.45) is 0. The molecule has 0 spiro atoms. The molecular formula is C13H6F3O2-. The minimum atomic E-state index is -1.65. The van der Waals surface area contributed by atoms with Gasteiger partial charge in [-0.2, -0.15) is 0 Å². The van der Waals surface area contributed by atoms with Gasteiger partial charge in [-0.25, -0.2) is 13.2 Å². The number of halogens is 3. The van der Waals surface area contributed by atoms with Gasteiger partial charge in [0.05, 0.1) is 5.97 Å². The fourth-order valence-corrected chi connectivity index (χ4v) is 1.58. The summed E-state index contributed by atoms with van der Waals surface area (Å²) in [6.45, 7) is 0. The van der Waals surface area contributed by atoms with Gasteiger partial charge in [-0.1, -0.05) is 6.07 Å². The summed E-state index contributed by atoms with van der Waals surface area (Å²) in [5.41, 5.74) is -0.303. The Balaban J connectivity index is 2.52. The van der Waals surface area contributed by atoms with E-state index in [1.54, 1.807) is 0 Å². The molecule has 0 unspecified atom stereocenters. The molecule has 5 heteroatoms. The highest BCUT2D eigenvalue weighted by Crippen LogP contribution is 2.23. The zero-order valence-corrected chi connectivity index (χ0v) is 8.91. The van der Waals surface area contributed by atoms with Crippen LogP contribution < -0.4 is 5.11 Å². The molecule has 0 amide bonds. The van der Waals surface area contributed by atoms with Gasteiger partial charge in [0.15, 0.2) is 0 Å². The smallest absolute Gasteiger partial charge is 0.132 e. The summed E-state index contributed by atoms with van der Waals surface area (Å²) in [6, 6.07) is 5.87. The third-order valence-electron chi connectivity index (χ3n) is 2.38. The van der Waals surface area contributed by atoms with E-state index in [0.29, 0.717) is 6.07 Å². The van der Waals surface area contributed by atoms with Gasteiger partial charge < -0.3 is 9.90 Å². The maximum atomic E-state index is 13.4. The molecule has 0 saturated carbocycles. The first-order chi connectivity index (χ1) is 8.47. The molecular weight excluding hydrogens is 245 g/mol. The van der Waals surface area contributed by atoms with E-state index in [2.05, 4.69) is 0 Å². The van der Waals surface area contributed by atoms with Crippen LogP contribution in [0, 0.1) is 17.5 Å². The van der Waals surface area contributed by atoms with Crippen LogP contribution in [0.2, 0.25) is 0 Å². The van der Waals surface area contributed by atoms with Crippen LogP contribution in [0.25, 0.3) is 11.1 Å². The number of carbonyl (C=O) groups is 1. The molecule has 0 fully saturated rings. The van der Waals surface area contributed by atoms with E-state index in [0.717, 1.165) is 24.3 Å². The fraction of sp³-hybridized carbons (Fsp3) is 0. The molecule has 2 rings (SSSR count). The normalized spacial score (nSPS) is 10.4. The summed E-state index contributed by atoms with van der Waals surface area (Å²) < 4.78 is 39.3. The molecule has 2 aromatic rings. The van der Waals surface area contributed by atoms with Crippen molar-refractivity contribution in [2.45, 2.75) is 0 Å². The predicted octanol–water partition coefficient (Wildman–Crippen LogP) is 2.13. The summed E-state index contributed by atoms with van der Waals surface area (Å²) >= 11 is 0. The molecule has 18 heavy (non-hydrogen) atoms.